The van der Waals surface area contributed by atoms with Gasteiger partial charge in [0.25, 0.3) is 0 Å². The standard InChI is InChI=1S/C15H23NO3/c1-4-15(3,19)11-16(10-9-14(17)18)13-8-6-5-7-12(13)2/h5-8,19H,4,9-11H2,1-3H3,(H,17,18). The molecule has 4 nitrogen and oxygen atoms in total. The highest BCUT2D eigenvalue weighted by molar-refractivity contribution is 5.68. The van der Waals surface area contributed by atoms with Gasteiger partial charge in [-0.2, -0.15) is 0 Å². The summed E-state index contributed by atoms with van der Waals surface area (Å²) in [5.74, 6) is -0.824. The number of rotatable bonds is 7. The summed E-state index contributed by atoms with van der Waals surface area (Å²) in [6.45, 7) is 6.52. The molecule has 1 unspecified atom stereocenters. The highest BCUT2D eigenvalue weighted by atomic mass is 16.4. The van der Waals surface area contributed by atoms with E-state index in [9.17, 15) is 9.90 Å². The van der Waals surface area contributed by atoms with Gasteiger partial charge in [-0.1, -0.05) is 25.1 Å². The fourth-order valence-electron chi connectivity index (χ4n) is 1.96. The van der Waals surface area contributed by atoms with Crippen molar-refractivity contribution in [1.82, 2.24) is 0 Å². The summed E-state index contributed by atoms with van der Waals surface area (Å²) in [5.41, 5.74) is 1.25. The Labute approximate surface area is 114 Å². The smallest absolute Gasteiger partial charge is 0.305 e. The molecule has 0 aliphatic heterocycles. The number of carboxylic acids is 1. The maximum Gasteiger partial charge on any atom is 0.305 e. The number of carbonyl (C=O) groups is 1. The van der Waals surface area contributed by atoms with Crippen LogP contribution in [0.2, 0.25) is 0 Å². The summed E-state index contributed by atoms with van der Waals surface area (Å²) in [6.07, 6.45) is 0.691. The van der Waals surface area contributed by atoms with Crippen LogP contribution in [0.4, 0.5) is 5.69 Å². The van der Waals surface area contributed by atoms with Gasteiger partial charge in [0.15, 0.2) is 0 Å². The number of anilines is 1. The molecule has 1 rings (SSSR count). The first-order valence-electron chi connectivity index (χ1n) is 6.60. The third-order valence-electron chi connectivity index (χ3n) is 3.34. The highest BCUT2D eigenvalue weighted by Gasteiger charge is 2.23. The molecule has 0 heterocycles. The lowest BCUT2D eigenvalue weighted by molar-refractivity contribution is -0.136. The number of hydrogen-bond acceptors (Lipinski definition) is 3. The van der Waals surface area contributed by atoms with Crippen LogP contribution in [0.5, 0.6) is 0 Å². The summed E-state index contributed by atoms with van der Waals surface area (Å²) in [5, 5.41) is 19.1. The van der Waals surface area contributed by atoms with Crippen LogP contribution < -0.4 is 4.90 Å². The quantitative estimate of drug-likeness (QED) is 0.795. The van der Waals surface area contributed by atoms with Gasteiger partial charge in [0, 0.05) is 18.8 Å². The largest absolute Gasteiger partial charge is 0.481 e. The number of aliphatic hydroxyl groups is 1. The molecule has 0 spiro atoms. The molecule has 1 aromatic rings. The van der Waals surface area contributed by atoms with E-state index >= 15 is 0 Å². The second-order valence-corrected chi connectivity index (χ2v) is 5.20. The lowest BCUT2D eigenvalue weighted by atomic mass is 10.0. The molecule has 0 fully saturated rings. The molecule has 19 heavy (non-hydrogen) atoms. The average molecular weight is 265 g/mol. The van der Waals surface area contributed by atoms with Gasteiger partial charge in [0.2, 0.25) is 0 Å². The van der Waals surface area contributed by atoms with Crippen molar-refractivity contribution in [3.63, 3.8) is 0 Å². The Bertz CT molecular complexity index is 429. The van der Waals surface area contributed by atoms with E-state index in [0.717, 1.165) is 11.3 Å². The zero-order valence-corrected chi connectivity index (χ0v) is 11.9. The number of aryl methyl sites for hydroxylation is 1. The van der Waals surface area contributed by atoms with Crippen LogP contribution in [-0.2, 0) is 4.79 Å². The molecule has 0 bridgehead atoms. The SMILES string of the molecule is CCC(C)(O)CN(CCC(=O)O)c1ccccc1C. The van der Waals surface area contributed by atoms with E-state index in [1.807, 2.05) is 43.0 Å². The lowest BCUT2D eigenvalue weighted by Crippen LogP contribution is -2.41. The summed E-state index contributed by atoms with van der Waals surface area (Å²) in [4.78, 5) is 12.7. The normalized spacial score (nSPS) is 13.9. The van der Waals surface area contributed by atoms with Gasteiger partial charge in [0.1, 0.15) is 0 Å². The van der Waals surface area contributed by atoms with Crippen molar-refractivity contribution in [3.05, 3.63) is 29.8 Å². The van der Waals surface area contributed by atoms with Crippen LogP contribution in [0.15, 0.2) is 24.3 Å². The zero-order valence-electron chi connectivity index (χ0n) is 11.9. The first-order valence-corrected chi connectivity index (χ1v) is 6.60. The minimum absolute atomic E-state index is 0.0636. The second kappa shape index (κ2) is 6.57. The Morgan fingerprint density at radius 3 is 2.53 bits per heavy atom. The van der Waals surface area contributed by atoms with Crippen molar-refractivity contribution >= 4 is 11.7 Å². The van der Waals surface area contributed by atoms with Crippen LogP contribution in [0, 0.1) is 6.92 Å². The summed E-state index contributed by atoms with van der Waals surface area (Å²) < 4.78 is 0. The minimum atomic E-state index is -0.824. The number of carboxylic acid groups (broad SMARTS) is 1. The Balaban J connectivity index is 2.92. The van der Waals surface area contributed by atoms with E-state index in [-0.39, 0.29) is 6.42 Å². The third-order valence-corrected chi connectivity index (χ3v) is 3.34. The molecule has 0 saturated carbocycles. The number of para-hydroxylation sites is 1. The topological polar surface area (TPSA) is 60.8 Å². The van der Waals surface area contributed by atoms with Crippen molar-refractivity contribution in [3.8, 4) is 0 Å². The Kier molecular flexibility index (Phi) is 5.36. The molecule has 1 atom stereocenters. The number of benzene rings is 1. The predicted octanol–water partition coefficient (Wildman–Crippen LogP) is 2.44. The van der Waals surface area contributed by atoms with E-state index in [1.165, 1.54) is 0 Å². The van der Waals surface area contributed by atoms with E-state index in [0.29, 0.717) is 19.5 Å². The summed E-state index contributed by atoms with van der Waals surface area (Å²) in [6, 6.07) is 7.83. The van der Waals surface area contributed by atoms with E-state index < -0.39 is 11.6 Å². The minimum Gasteiger partial charge on any atom is -0.481 e. The summed E-state index contributed by atoms with van der Waals surface area (Å²) >= 11 is 0. The Hall–Kier alpha value is -1.55. The maximum absolute atomic E-state index is 10.8. The molecular formula is C15H23NO3. The Morgan fingerprint density at radius 2 is 2.00 bits per heavy atom. The van der Waals surface area contributed by atoms with Gasteiger partial charge in [-0.15, -0.1) is 0 Å². The molecule has 2 N–H and O–H groups in total. The van der Waals surface area contributed by atoms with Crippen LogP contribution in [0.3, 0.4) is 0 Å². The molecule has 4 heteroatoms. The lowest BCUT2D eigenvalue weighted by Gasteiger charge is -2.33. The van der Waals surface area contributed by atoms with Crippen molar-refractivity contribution < 1.29 is 15.0 Å². The molecule has 0 radical (unpaired) electrons. The number of aliphatic carboxylic acids is 1. The van der Waals surface area contributed by atoms with Crippen molar-refractivity contribution in [1.29, 1.82) is 0 Å². The van der Waals surface area contributed by atoms with Crippen LogP contribution in [-0.4, -0.2) is 34.9 Å². The molecule has 106 valence electrons. The van der Waals surface area contributed by atoms with Crippen molar-refractivity contribution in [2.24, 2.45) is 0 Å². The average Bonchev–Trinajstić information content (AvgIpc) is 2.35. The van der Waals surface area contributed by atoms with Gasteiger partial charge in [-0.25, -0.2) is 0 Å². The second-order valence-electron chi connectivity index (χ2n) is 5.20. The van der Waals surface area contributed by atoms with E-state index in [2.05, 4.69) is 0 Å². The fraction of sp³-hybridized carbons (Fsp3) is 0.533. The molecule has 0 saturated heterocycles. The van der Waals surface area contributed by atoms with Gasteiger partial charge in [-0.3, -0.25) is 4.79 Å². The fourth-order valence-corrected chi connectivity index (χ4v) is 1.96. The molecule has 0 aromatic heterocycles. The van der Waals surface area contributed by atoms with Gasteiger partial charge >= 0.3 is 5.97 Å². The van der Waals surface area contributed by atoms with Crippen molar-refractivity contribution in [2.75, 3.05) is 18.0 Å². The third kappa shape index (κ3) is 4.91. The molecule has 0 aliphatic rings. The zero-order chi connectivity index (χ0) is 14.5. The van der Waals surface area contributed by atoms with Crippen LogP contribution >= 0.6 is 0 Å². The monoisotopic (exact) mass is 265 g/mol. The van der Waals surface area contributed by atoms with Crippen LogP contribution in [0.1, 0.15) is 32.3 Å². The first kappa shape index (κ1) is 15.5. The maximum atomic E-state index is 10.8. The molecular weight excluding hydrogens is 242 g/mol. The van der Waals surface area contributed by atoms with Gasteiger partial charge < -0.3 is 15.1 Å². The number of nitrogens with zero attached hydrogens (tertiary/aromatic N) is 1. The van der Waals surface area contributed by atoms with E-state index in [4.69, 9.17) is 5.11 Å². The molecule has 1 aromatic carbocycles. The highest BCUT2D eigenvalue weighted by Crippen LogP contribution is 2.23. The Morgan fingerprint density at radius 1 is 1.37 bits per heavy atom. The van der Waals surface area contributed by atoms with Crippen molar-refractivity contribution in [2.45, 2.75) is 39.2 Å². The van der Waals surface area contributed by atoms with Gasteiger partial charge in [-0.05, 0) is 31.9 Å². The summed E-state index contributed by atoms with van der Waals surface area (Å²) in [7, 11) is 0. The van der Waals surface area contributed by atoms with Crippen LogP contribution in [0.25, 0.3) is 0 Å². The van der Waals surface area contributed by atoms with E-state index in [1.54, 1.807) is 6.92 Å². The molecule has 0 aliphatic carbocycles. The first-order chi connectivity index (χ1) is 8.85. The van der Waals surface area contributed by atoms with Gasteiger partial charge in [0.05, 0.1) is 12.0 Å². The molecule has 0 amide bonds. The number of hydrogen-bond donors (Lipinski definition) is 2. The predicted molar refractivity (Wildman–Crippen MR) is 76.6 cm³/mol.